The number of aromatic nitrogens is 2. The monoisotopic (exact) mass is 248 g/mol. The van der Waals surface area contributed by atoms with E-state index in [4.69, 9.17) is 15.0 Å². The molecule has 7 nitrogen and oxygen atoms in total. The summed E-state index contributed by atoms with van der Waals surface area (Å²) in [5.41, 5.74) is 6.44. The van der Waals surface area contributed by atoms with Gasteiger partial charge in [0.1, 0.15) is 5.75 Å². The molecule has 1 heterocycles. The van der Waals surface area contributed by atoms with Crippen LogP contribution in [0.2, 0.25) is 0 Å². The summed E-state index contributed by atoms with van der Waals surface area (Å²) in [6, 6.07) is 4.75. The lowest BCUT2D eigenvalue weighted by Crippen LogP contribution is -2.12. The first-order valence-corrected chi connectivity index (χ1v) is 5.14. The highest BCUT2D eigenvalue weighted by atomic mass is 16.5. The lowest BCUT2D eigenvalue weighted by atomic mass is 10.2. The number of rotatable bonds is 3. The van der Waals surface area contributed by atoms with Crippen LogP contribution in [0.4, 0.5) is 11.7 Å². The molecule has 7 heteroatoms. The summed E-state index contributed by atoms with van der Waals surface area (Å²) >= 11 is 0. The maximum atomic E-state index is 11.9. The zero-order valence-corrected chi connectivity index (χ0v) is 9.93. The van der Waals surface area contributed by atoms with Gasteiger partial charge in [0.05, 0.1) is 7.11 Å². The highest BCUT2D eigenvalue weighted by Gasteiger charge is 2.12. The normalized spacial score (nSPS) is 10.1. The largest absolute Gasteiger partial charge is 0.497 e. The van der Waals surface area contributed by atoms with Gasteiger partial charge >= 0.3 is 6.01 Å². The number of nitrogens with zero attached hydrogens (tertiary/aromatic N) is 2. The molecule has 1 aromatic heterocycles. The molecule has 1 aromatic carbocycles. The van der Waals surface area contributed by atoms with E-state index < -0.39 is 5.91 Å². The molecule has 0 atom stereocenters. The van der Waals surface area contributed by atoms with Gasteiger partial charge in [0.2, 0.25) is 0 Å². The number of carbonyl (C=O) groups is 1. The predicted molar refractivity (Wildman–Crippen MR) is 64.4 cm³/mol. The molecule has 0 aliphatic rings. The van der Waals surface area contributed by atoms with Crippen LogP contribution in [-0.2, 0) is 0 Å². The van der Waals surface area contributed by atoms with Crippen LogP contribution in [0.25, 0.3) is 0 Å². The number of nitrogens with one attached hydrogen (secondary N) is 1. The van der Waals surface area contributed by atoms with Crippen molar-refractivity contribution in [2.24, 2.45) is 0 Å². The van der Waals surface area contributed by atoms with E-state index in [-0.39, 0.29) is 6.01 Å². The van der Waals surface area contributed by atoms with Crippen molar-refractivity contribution >= 4 is 17.6 Å². The fourth-order valence-corrected chi connectivity index (χ4v) is 1.39. The fourth-order valence-electron chi connectivity index (χ4n) is 1.39. The zero-order valence-electron chi connectivity index (χ0n) is 9.93. The van der Waals surface area contributed by atoms with Crippen LogP contribution in [0.5, 0.6) is 5.75 Å². The molecule has 94 valence electrons. The Morgan fingerprint density at radius 2 is 2.22 bits per heavy atom. The van der Waals surface area contributed by atoms with Gasteiger partial charge in [-0.3, -0.25) is 10.1 Å². The molecule has 3 N–H and O–H groups in total. The fraction of sp³-hybridized carbons (Fsp3) is 0.182. The average Bonchev–Trinajstić information content (AvgIpc) is 2.73. The first kappa shape index (κ1) is 11.9. The Morgan fingerprint density at radius 3 is 2.83 bits per heavy atom. The quantitative estimate of drug-likeness (QED) is 0.791. The number of methoxy groups -OCH3 is 1. The number of nitrogen functional groups attached to an aromatic ring is 1. The van der Waals surface area contributed by atoms with Crippen LogP contribution in [0.3, 0.4) is 0 Å². The number of benzene rings is 1. The number of hydrogen-bond acceptors (Lipinski definition) is 6. The molecule has 0 saturated carbocycles. The van der Waals surface area contributed by atoms with Crippen molar-refractivity contribution in [3.63, 3.8) is 0 Å². The Hall–Kier alpha value is -2.57. The zero-order chi connectivity index (χ0) is 13.1. The summed E-state index contributed by atoms with van der Waals surface area (Å²) in [6.07, 6.45) is 0. The van der Waals surface area contributed by atoms with Gasteiger partial charge in [-0.2, -0.15) is 4.98 Å². The van der Waals surface area contributed by atoms with Crippen LogP contribution in [-0.4, -0.2) is 23.2 Å². The Bertz CT molecular complexity index is 579. The molecule has 1 amide bonds. The third kappa shape index (κ3) is 2.57. The SMILES string of the molecule is COc1cc(N)cc(C(=O)Nc2nc(C)no2)c1. The molecule has 0 saturated heterocycles. The third-order valence-corrected chi connectivity index (χ3v) is 2.17. The first-order valence-electron chi connectivity index (χ1n) is 5.14. The highest BCUT2D eigenvalue weighted by Crippen LogP contribution is 2.19. The molecule has 2 aromatic rings. The number of anilines is 2. The molecule has 0 spiro atoms. The topological polar surface area (TPSA) is 103 Å². The number of hydrogen-bond donors (Lipinski definition) is 2. The smallest absolute Gasteiger partial charge is 0.328 e. The van der Waals surface area contributed by atoms with Crippen molar-refractivity contribution in [1.82, 2.24) is 10.1 Å². The molecule has 0 aliphatic carbocycles. The first-order chi connectivity index (χ1) is 8.58. The van der Waals surface area contributed by atoms with Crippen molar-refractivity contribution in [2.75, 3.05) is 18.2 Å². The van der Waals surface area contributed by atoms with E-state index in [0.29, 0.717) is 22.8 Å². The van der Waals surface area contributed by atoms with E-state index in [2.05, 4.69) is 15.5 Å². The number of nitrogens with two attached hydrogens (primary N) is 1. The molecule has 2 rings (SSSR count). The average molecular weight is 248 g/mol. The van der Waals surface area contributed by atoms with Gasteiger partial charge in [-0.25, -0.2) is 0 Å². The third-order valence-electron chi connectivity index (χ3n) is 2.17. The summed E-state index contributed by atoms with van der Waals surface area (Å²) in [5.74, 6) is 0.543. The minimum Gasteiger partial charge on any atom is -0.497 e. The Balaban J connectivity index is 2.20. The minimum atomic E-state index is -0.399. The highest BCUT2D eigenvalue weighted by molar-refractivity contribution is 6.03. The second-order valence-corrected chi connectivity index (χ2v) is 3.60. The Labute approximate surface area is 103 Å². The van der Waals surface area contributed by atoms with E-state index in [1.165, 1.54) is 13.2 Å². The molecular weight excluding hydrogens is 236 g/mol. The minimum absolute atomic E-state index is 0.0406. The van der Waals surface area contributed by atoms with Crippen molar-refractivity contribution in [3.05, 3.63) is 29.6 Å². The molecule has 18 heavy (non-hydrogen) atoms. The van der Waals surface area contributed by atoms with Crippen molar-refractivity contribution in [2.45, 2.75) is 6.92 Å². The summed E-state index contributed by atoms with van der Waals surface area (Å²) in [5, 5.41) is 6.03. The van der Waals surface area contributed by atoms with Gasteiger partial charge < -0.3 is 15.0 Å². The van der Waals surface area contributed by atoms with E-state index in [1.54, 1.807) is 19.1 Å². The maximum absolute atomic E-state index is 11.9. The second-order valence-electron chi connectivity index (χ2n) is 3.60. The van der Waals surface area contributed by atoms with Crippen molar-refractivity contribution in [1.29, 1.82) is 0 Å². The lowest BCUT2D eigenvalue weighted by Gasteiger charge is -2.05. The molecule has 0 bridgehead atoms. The Morgan fingerprint density at radius 1 is 1.44 bits per heavy atom. The van der Waals surface area contributed by atoms with Crippen LogP contribution >= 0.6 is 0 Å². The van der Waals surface area contributed by atoms with Gasteiger partial charge in [0.15, 0.2) is 5.82 Å². The van der Waals surface area contributed by atoms with Crippen LogP contribution in [0.15, 0.2) is 22.7 Å². The maximum Gasteiger partial charge on any atom is 0.328 e. The van der Waals surface area contributed by atoms with Crippen LogP contribution in [0.1, 0.15) is 16.2 Å². The van der Waals surface area contributed by atoms with Gasteiger partial charge in [0, 0.05) is 17.3 Å². The second kappa shape index (κ2) is 4.74. The standard InChI is InChI=1S/C11H12N4O3/c1-6-13-11(18-15-6)14-10(16)7-3-8(12)5-9(4-7)17-2/h3-5H,12H2,1-2H3,(H,13,14,15,16). The molecule has 0 radical (unpaired) electrons. The van der Waals surface area contributed by atoms with Crippen LogP contribution in [0, 0.1) is 6.92 Å². The number of carbonyl (C=O) groups excluding carboxylic acids is 1. The number of amides is 1. The lowest BCUT2D eigenvalue weighted by molar-refractivity contribution is 0.102. The summed E-state index contributed by atoms with van der Waals surface area (Å²) in [6.45, 7) is 1.66. The summed E-state index contributed by atoms with van der Waals surface area (Å²) in [7, 11) is 1.50. The molecular formula is C11H12N4O3. The van der Waals surface area contributed by atoms with Gasteiger partial charge in [0.25, 0.3) is 5.91 Å². The van der Waals surface area contributed by atoms with Crippen molar-refractivity contribution < 1.29 is 14.1 Å². The van der Waals surface area contributed by atoms with Gasteiger partial charge in [-0.1, -0.05) is 5.16 Å². The number of ether oxygens (including phenoxy) is 1. The van der Waals surface area contributed by atoms with E-state index >= 15 is 0 Å². The van der Waals surface area contributed by atoms with Crippen molar-refractivity contribution in [3.8, 4) is 5.75 Å². The molecule has 0 aliphatic heterocycles. The van der Waals surface area contributed by atoms with Crippen LogP contribution < -0.4 is 15.8 Å². The number of aryl methyl sites for hydroxylation is 1. The van der Waals surface area contributed by atoms with E-state index in [9.17, 15) is 4.79 Å². The molecule has 0 unspecified atom stereocenters. The van der Waals surface area contributed by atoms with Gasteiger partial charge in [-0.15, -0.1) is 0 Å². The van der Waals surface area contributed by atoms with E-state index in [1.807, 2.05) is 0 Å². The molecule has 0 fully saturated rings. The van der Waals surface area contributed by atoms with Gasteiger partial charge in [-0.05, 0) is 19.1 Å². The summed E-state index contributed by atoms with van der Waals surface area (Å²) < 4.78 is 9.82. The Kier molecular flexibility index (Phi) is 3.13. The van der Waals surface area contributed by atoms with E-state index in [0.717, 1.165) is 0 Å². The summed E-state index contributed by atoms with van der Waals surface area (Å²) in [4.78, 5) is 15.8. The predicted octanol–water partition coefficient (Wildman–Crippen LogP) is 1.22.